The molecule has 0 bridgehead atoms. The number of aromatic hydroxyl groups is 1. The van der Waals surface area contributed by atoms with E-state index in [9.17, 15) is 13.9 Å². The Labute approximate surface area is 165 Å². The Bertz CT molecular complexity index is 1050. The largest absolute Gasteiger partial charge is 0.507 e. The van der Waals surface area contributed by atoms with Gasteiger partial charge in [0.1, 0.15) is 17.2 Å². The lowest BCUT2D eigenvalue weighted by molar-refractivity contribution is -0.0499. The van der Waals surface area contributed by atoms with Crippen molar-refractivity contribution in [2.45, 2.75) is 38.5 Å². The van der Waals surface area contributed by atoms with Crippen LogP contribution in [0.2, 0.25) is 0 Å². The van der Waals surface area contributed by atoms with Gasteiger partial charge in [0.2, 0.25) is 0 Å². The Balaban J connectivity index is 1.70. The first-order chi connectivity index (χ1) is 13.8. The van der Waals surface area contributed by atoms with Crippen molar-refractivity contribution in [3.05, 3.63) is 36.7 Å². The molecule has 0 aliphatic carbocycles. The van der Waals surface area contributed by atoms with Crippen LogP contribution in [-0.2, 0) is 4.74 Å². The average Bonchev–Trinajstić information content (AvgIpc) is 3.01. The van der Waals surface area contributed by atoms with Crippen molar-refractivity contribution >= 4 is 16.6 Å². The Morgan fingerprint density at radius 1 is 1.24 bits per heavy atom. The Kier molecular flexibility index (Phi) is 4.91. The Morgan fingerprint density at radius 3 is 2.76 bits per heavy atom. The molecule has 0 saturated carbocycles. The fraction of sp³-hybridized carbons (Fsp3) is 0.350. The van der Waals surface area contributed by atoms with Gasteiger partial charge in [-0.3, -0.25) is 4.98 Å². The molecule has 1 atom stereocenters. The zero-order valence-corrected chi connectivity index (χ0v) is 15.9. The van der Waals surface area contributed by atoms with Gasteiger partial charge in [-0.05, 0) is 38.5 Å². The summed E-state index contributed by atoms with van der Waals surface area (Å²) in [6, 6.07) is 5.80. The smallest absolute Gasteiger partial charge is 0.387 e. The number of hydrogen-bond donors (Lipinski definition) is 2. The van der Waals surface area contributed by atoms with E-state index in [4.69, 9.17) is 4.74 Å². The number of ether oxygens (including phenoxy) is 2. The van der Waals surface area contributed by atoms with Gasteiger partial charge in [-0.1, -0.05) is 0 Å². The average molecular weight is 402 g/mol. The zero-order chi connectivity index (χ0) is 20.6. The number of fused-ring (bicyclic) bond motifs is 1. The molecule has 0 amide bonds. The van der Waals surface area contributed by atoms with Crippen LogP contribution in [0.5, 0.6) is 11.5 Å². The molecule has 0 spiro atoms. The van der Waals surface area contributed by atoms with Crippen molar-refractivity contribution in [1.29, 1.82) is 0 Å². The second-order valence-corrected chi connectivity index (χ2v) is 7.49. The number of phenolic OH excluding ortho intramolecular Hbond substituents is 1. The molecule has 3 heterocycles. The molecule has 1 aromatic carbocycles. The maximum atomic E-state index is 12.4. The van der Waals surface area contributed by atoms with E-state index in [-0.39, 0.29) is 23.1 Å². The van der Waals surface area contributed by atoms with E-state index < -0.39 is 6.61 Å². The number of pyridine rings is 1. The minimum atomic E-state index is -2.97. The van der Waals surface area contributed by atoms with Gasteiger partial charge in [0.25, 0.3) is 0 Å². The minimum Gasteiger partial charge on any atom is -0.507 e. The first-order valence-electron chi connectivity index (χ1n) is 9.11. The van der Waals surface area contributed by atoms with Crippen LogP contribution in [0, 0.1) is 0 Å². The Hall–Kier alpha value is -3.07. The number of hydrogen-bond acceptors (Lipinski definition) is 7. The quantitative estimate of drug-likeness (QED) is 0.667. The van der Waals surface area contributed by atoms with Crippen LogP contribution in [0.15, 0.2) is 36.7 Å². The molecule has 2 N–H and O–H groups in total. The number of halogens is 2. The van der Waals surface area contributed by atoms with Crippen LogP contribution in [-0.4, -0.2) is 45.1 Å². The number of nitrogens with one attached hydrogen (secondary N) is 1. The molecular formula is C20H20F2N4O3. The first kappa shape index (κ1) is 19.3. The van der Waals surface area contributed by atoms with E-state index in [1.807, 2.05) is 13.8 Å². The molecule has 0 radical (unpaired) electrons. The molecule has 7 nitrogen and oxygen atoms in total. The number of anilines is 1. The summed E-state index contributed by atoms with van der Waals surface area (Å²) in [5, 5.41) is 23.7. The van der Waals surface area contributed by atoms with Gasteiger partial charge in [0, 0.05) is 34.8 Å². The third-order valence-electron chi connectivity index (χ3n) is 4.78. The first-order valence-corrected chi connectivity index (χ1v) is 9.11. The molecule has 1 unspecified atom stereocenters. The summed E-state index contributed by atoms with van der Waals surface area (Å²) < 4.78 is 34.9. The molecular weight excluding hydrogens is 382 g/mol. The van der Waals surface area contributed by atoms with E-state index in [1.54, 1.807) is 18.5 Å². The van der Waals surface area contributed by atoms with Gasteiger partial charge < -0.3 is 19.9 Å². The number of rotatable bonds is 5. The second kappa shape index (κ2) is 7.40. The molecule has 2 aromatic heterocycles. The summed E-state index contributed by atoms with van der Waals surface area (Å²) in [5.41, 5.74) is 0.566. The van der Waals surface area contributed by atoms with Crippen LogP contribution >= 0.6 is 0 Å². The molecule has 152 valence electrons. The summed E-state index contributed by atoms with van der Waals surface area (Å²) in [6.07, 6.45) is 4.11. The van der Waals surface area contributed by atoms with Gasteiger partial charge in [-0.2, -0.15) is 8.78 Å². The van der Waals surface area contributed by atoms with Crippen molar-refractivity contribution in [3.63, 3.8) is 0 Å². The lowest BCUT2D eigenvalue weighted by Gasteiger charge is -2.17. The predicted octanol–water partition coefficient (Wildman–Crippen LogP) is 3.98. The topological polar surface area (TPSA) is 89.4 Å². The van der Waals surface area contributed by atoms with Gasteiger partial charge in [-0.25, -0.2) is 0 Å². The van der Waals surface area contributed by atoms with Crippen molar-refractivity contribution < 1.29 is 23.4 Å². The van der Waals surface area contributed by atoms with Gasteiger partial charge in [0.05, 0.1) is 18.2 Å². The molecule has 1 aliphatic rings. The number of nitrogens with zero attached hydrogens (tertiary/aromatic N) is 3. The molecule has 9 heteroatoms. The zero-order valence-electron chi connectivity index (χ0n) is 15.9. The van der Waals surface area contributed by atoms with Crippen LogP contribution < -0.4 is 10.1 Å². The van der Waals surface area contributed by atoms with E-state index in [0.717, 1.165) is 17.9 Å². The summed E-state index contributed by atoms with van der Waals surface area (Å²) in [6.45, 7) is 1.66. The van der Waals surface area contributed by atoms with Crippen LogP contribution in [0.3, 0.4) is 0 Å². The van der Waals surface area contributed by atoms with Crippen molar-refractivity contribution in [1.82, 2.24) is 15.2 Å². The third kappa shape index (κ3) is 4.04. The summed E-state index contributed by atoms with van der Waals surface area (Å²) in [5.74, 6) is 0.199. The molecule has 4 rings (SSSR count). The SMILES string of the molecule is CC1(C)CC(Nc2nnc(-c3ccc(OC(F)F)cc3O)c3ccncc23)CO1. The maximum absolute atomic E-state index is 12.4. The van der Waals surface area contributed by atoms with E-state index >= 15 is 0 Å². The molecule has 3 aromatic rings. The maximum Gasteiger partial charge on any atom is 0.387 e. The minimum absolute atomic E-state index is 0.0905. The van der Waals surface area contributed by atoms with E-state index in [2.05, 4.69) is 25.2 Å². The van der Waals surface area contributed by atoms with E-state index in [1.165, 1.54) is 12.1 Å². The number of phenols is 1. The highest BCUT2D eigenvalue weighted by molar-refractivity contribution is 6.00. The molecule has 1 saturated heterocycles. The Morgan fingerprint density at radius 2 is 2.07 bits per heavy atom. The van der Waals surface area contributed by atoms with Gasteiger partial charge in [0.15, 0.2) is 5.82 Å². The third-order valence-corrected chi connectivity index (χ3v) is 4.78. The highest BCUT2D eigenvalue weighted by atomic mass is 19.3. The molecule has 1 aliphatic heterocycles. The van der Waals surface area contributed by atoms with Crippen LogP contribution in [0.25, 0.3) is 22.0 Å². The molecule has 29 heavy (non-hydrogen) atoms. The highest BCUT2D eigenvalue weighted by Crippen LogP contribution is 2.37. The number of alkyl halides is 2. The summed E-state index contributed by atoms with van der Waals surface area (Å²) >= 11 is 0. The number of benzene rings is 1. The van der Waals surface area contributed by atoms with E-state index in [0.29, 0.717) is 29.1 Å². The normalized spacial score (nSPS) is 18.3. The van der Waals surface area contributed by atoms with Crippen molar-refractivity contribution in [2.75, 3.05) is 11.9 Å². The summed E-state index contributed by atoms with van der Waals surface area (Å²) in [4.78, 5) is 4.18. The molecule has 1 fully saturated rings. The summed E-state index contributed by atoms with van der Waals surface area (Å²) in [7, 11) is 0. The van der Waals surface area contributed by atoms with Gasteiger partial charge in [-0.15, -0.1) is 10.2 Å². The predicted molar refractivity (Wildman–Crippen MR) is 103 cm³/mol. The monoisotopic (exact) mass is 402 g/mol. The standard InChI is InChI=1S/C20H20F2N4O3/c1-20(2)8-11(10-28-20)24-18-15-9-23-6-5-13(15)17(25-26-18)14-4-3-12(7-16(14)27)29-19(21)22/h3-7,9,11,19,27H,8,10H2,1-2H3,(H,24,26). The van der Waals surface area contributed by atoms with Crippen molar-refractivity contribution in [2.24, 2.45) is 0 Å². The van der Waals surface area contributed by atoms with Gasteiger partial charge >= 0.3 is 6.61 Å². The highest BCUT2D eigenvalue weighted by Gasteiger charge is 2.32. The van der Waals surface area contributed by atoms with Crippen molar-refractivity contribution in [3.8, 4) is 22.8 Å². The fourth-order valence-electron chi connectivity index (χ4n) is 3.51. The fourth-order valence-corrected chi connectivity index (χ4v) is 3.51. The van der Waals surface area contributed by atoms with Crippen LogP contribution in [0.4, 0.5) is 14.6 Å². The lowest BCUT2D eigenvalue weighted by atomic mass is 10.0. The lowest BCUT2D eigenvalue weighted by Crippen LogP contribution is -2.23. The second-order valence-electron chi connectivity index (χ2n) is 7.49. The number of aromatic nitrogens is 3. The van der Waals surface area contributed by atoms with Crippen LogP contribution in [0.1, 0.15) is 20.3 Å².